The summed E-state index contributed by atoms with van der Waals surface area (Å²) in [6, 6.07) is 0.209. The first-order valence-electron chi connectivity index (χ1n) is 7.11. The third-order valence-electron chi connectivity index (χ3n) is 4.02. The normalized spacial score (nSPS) is 22.7. The van der Waals surface area contributed by atoms with E-state index in [0.717, 1.165) is 31.4 Å². The predicted octanol–water partition coefficient (Wildman–Crippen LogP) is 1.29. The quantitative estimate of drug-likeness (QED) is 0.871. The molecular formula is C14H24N4O. The van der Waals surface area contributed by atoms with E-state index in [4.69, 9.17) is 5.73 Å². The lowest BCUT2D eigenvalue weighted by Gasteiger charge is -2.23. The molecule has 1 amide bonds. The van der Waals surface area contributed by atoms with Gasteiger partial charge in [0.1, 0.15) is 0 Å². The number of rotatable bonds is 5. The SMILES string of the molecule is CCN(Cc1cnn(C)c1)C(=O)C[C@@H]1CCC[C@H]1N. The molecule has 19 heavy (non-hydrogen) atoms. The van der Waals surface area contributed by atoms with Gasteiger partial charge in [-0.1, -0.05) is 6.42 Å². The molecule has 2 atom stereocenters. The van der Waals surface area contributed by atoms with E-state index in [2.05, 4.69) is 5.10 Å². The molecular weight excluding hydrogens is 240 g/mol. The Morgan fingerprint density at radius 2 is 2.37 bits per heavy atom. The van der Waals surface area contributed by atoms with Crippen molar-refractivity contribution in [1.82, 2.24) is 14.7 Å². The molecule has 106 valence electrons. The molecule has 0 bridgehead atoms. The molecule has 0 unspecified atom stereocenters. The van der Waals surface area contributed by atoms with Crippen molar-refractivity contribution in [3.05, 3.63) is 18.0 Å². The highest BCUT2D eigenvalue weighted by Gasteiger charge is 2.27. The van der Waals surface area contributed by atoms with Crippen molar-refractivity contribution in [3.8, 4) is 0 Å². The molecule has 1 aliphatic rings. The van der Waals surface area contributed by atoms with Gasteiger partial charge in [-0.25, -0.2) is 0 Å². The Kier molecular flexibility index (Phi) is 4.58. The number of nitrogens with two attached hydrogens (primary N) is 1. The van der Waals surface area contributed by atoms with E-state index in [1.807, 2.05) is 31.3 Å². The largest absolute Gasteiger partial charge is 0.339 e. The molecule has 0 saturated heterocycles. The number of aromatic nitrogens is 2. The number of carbonyl (C=O) groups excluding carboxylic acids is 1. The minimum atomic E-state index is 0.209. The van der Waals surface area contributed by atoms with Crippen molar-refractivity contribution in [3.63, 3.8) is 0 Å². The van der Waals surface area contributed by atoms with E-state index >= 15 is 0 Å². The monoisotopic (exact) mass is 264 g/mol. The second-order valence-electron chi connectivity index (χ2n) is 5.49. The van der Waals surface area contributed by atoms with Gasteiger partial charge in [0.05, 0.1) is 6.20 Å². The fourth-order valence-electron chi connectivity index (χ4n) is 2.82. The third kappa shape index (κ3) is 3.56. The van der Waals surface area contributed by atoms with Gasteiger partial charge < -0.3 is 10.6 Å². The van der Waals surface area contributed by atoms with Crippen LogP contribution in [-0.2, 0) is 18.4 Å². The molecule has 1 aromatic rings. The first kappa shape index (κ1) is 14.1. The van der Waals surface area contributed by atoms with Crippen LogP contribution in [0, 0.1) is 5.92 Å². The molecule has 1 fully saturated rings. The van der Waals surface area contributed by atoms with Gasteiger partial charge in [0, 0.05) is 44.4 Å². The van der Waals surface area contributed by atoms with E-state index in [1.165, 1.54) is 0 Å². The van der Waals surface area contributed by atoms with Crippen molar-refractivity contribution in [1.29, 1.82) is 0 Å². The van der Waals surface area contributed by atoms with E-state index in [1.54, 1.807) is 4.68 Å². The van der Waals surface area contributed by atoms with Crippen LogP contribution < -0.4 is 5.73 Å². The maximum absolute atomic E-state index is 12.3. The second-order valence-corrected chi connectivity index (χ2v) is 5.49. The Morgan fingerprint density at radius 1 is 1.58 bits per heavy atom. The second kappa shape index (κ2) is 6.19. The Bertz CT molecular complexity index is 429. The number of nitrogens with zero attached hydrogens (tertiary/aromatic N) is 3. The van der Waals surface area contributed by atoms with Gasteiger partial charge in [-0.05, 0) is 25.7 Å². The molecule has 0 radical (unpaired) electrons. The van der Waals surface area contributed by atoms with E-state index < -0.39 is 0 Å². The molecule has 0 aliphatic heterocycles. The molecule has 2 N–H and O–H groups in total. The smallest absolute Gasteiger partial charge is 0.223 e. The lowest BCUT2D eigenvalue weighted by atomic mass is 9.99. The van der Waals surface area contributed by atoms with E-state index in [-0.39, 0.29) is 11.9 Å². The fraction of sp³-hybridized carbons (Fsp3) is 0.714. The zero-order valence-electron chi connectivity index (χ0n) is 11.9. The van der Waals surface area contributed by atoms with Crippen LogP contribution in [0.2, 0.25) is 0 Å². The van der Waals surface area contributed by atoms with Crippen LogP contribution in [0.15, 0.2) is 12.4 Å². The maximum atomic E-state index is 12.3. The lowest BCUT2D eigenvalue weighted by molar-refractivity contribution is -0.132. The zero-order chi connectivity index (χ0) is 13.8. The third-order valence-corrected chi connectivity index (χ3v) is 4.02. The van der Waals surface area contributed by atoms with Crippen LogP contribution in [-0.4, -0.2) is 33.2 Å². The van der Waals surface area contributed by atoms with Gasteiger partial charge in [0.25, 0.3) is 0 Å². The topological polar surface area (TPSA) is 64.2 Å². The average molecular weight is 264 g/mol. The van der Waals surface area contributed by atoms with Gasteiger partial charge in [-0.15, -0.1) is 0 Å². The van der Waals surface area contributed by atoms with Crippen LogP contribution >= 0.6 is 0 Å². The van der Waals surface area contributed by atoms with Gasteiger partial charge in [-0.2, -0.15) is 5.10 Å². The zero-order valence-corrected chi connectivity index (χ0v) is 11.9. The Morgan fingerprint density at radius 3 is 2.89 bits per heavy atom. The summed E-state index contributed by atoms with van der Waals surface area (Å²) in [6.07, 6.45) is 7.68. The number of amides is 1. The summed E-state index contributed by atoms with van der Waals surface area (Å²) in [7, 11) is 1.89. The molecule has 1 heterocycles. The van der Waals surface area contributed by atoms with Gasteiger partial charge in [0.15, 0.2) is 0 Å². The van der Waals surface area contributed by atoms with Crippen molar-refractivity contribution in [2.24, 2.45) is 18.7 Å². The molecule has 1 aliphatic carbocycles. The Labute approximate surface area is 114 Å². The highest BCUT2D eigenvalue weighted by atomic mass is 16.2. The molecule has 5 nitrogen and oxygen atoms in total. The minimum absolute atomic E-state index is 0.209. The lowest BCUT2D eigenvalue weighted by Crippen LogP contribution is -2.34. The highest BCUT2D eigenvalue weighted by Crippen LogP contribution is 2.27. The standard InChI is InChI=1S/C14H24N4O/c1-3-18(10-11-8-16-17(2)9-11)14(19)7-12-5-4-6-13(12)15/h8-9,12-13H,3-7,10,15H2,1-2H3/t12-,13+/m0/s1. The molecule has 1 aromatic heterocycles. The van der Waals surface area contributed by atoms with E-state index in [0.29, 0.717) is 18.9 Å². The summed E-state index contributed by atoms with van der Waals surface area (Å²) in [5, 5.41) is 4.14. The van der Waals surface area contributed by atoms with Crippen LogP contribution in [0.3, 0.4) is 0 Å². The molecule has 0 aromatic carbocycles. The molecule has 5 heteroatoms. The summed E-state index contributed by atoms with van der Waals surface area (Å²) >= 11 is 0. The highest BCUT2D eigenvalue weighted by molar-refractivity contribution is 5.76. The maximum Gasteiger partial charge on any atom is 0.223 e. The predicted molar refractivity (Wildman–Crippen MR) is 74.2 cm³/mol. The van der Waals surface area contributed by atoms with Gasteiger partial charge in [0.2, 0.25) is 5.91 Å². The minimum Gasteiger partial charge on any atom is -0.339 e. The summed E-state index contributed by atoms with van der Waals surface area (Å²) in [6.45, 7) is 3.39. The number of hydrogen-bond donors (Lipinski definition) is 1. The summed E-state index contributed by atoms with van der Waals surface area (Å²) < 4.78 is 1.76. The first-order valence-corrected chi connectivity index (χ1v) is 7.11. The summed E-state index contributed by atoms with van der Waals surface area (Å²) in [5.41, 5.74) is 7.12. The van der Waals surface area contributed by atoms with Crippen LogP contribution in [0.4, 0.5) is 0 Å². The number of carbonyl (C=O) groups is 1. The average Bonchev–Trinajstić information content (AvgIpc) is 2.96. The van der Waals surface area contributed by atoms with Crippen molar-refractivity contribution < 1.29 is 4.79 Å². The van der Waals surface area contributed by atoms with Crippen molar-refractivity contribution in [2.75, 3.05) is 6.54 Å². The first-order chi connectivity index (χ1) is 9.10. The van der Waals surface area contributed by atoms with Crippen LogP contribution in [0.25, 0.3) is 0 Å². The molecule has 0 spiro atoms. The summed E-state index contributed by atoms with van der Waals surface area (Å²) in [4.78, 5) is 14.2. The summed E-state index contributed by atoms with van der Waals surface area (Å²) in [5.74, 6) is 0.587. The Hall–Kier alpha value is -1.36. The van der Waals surface area contributed by atoms with Gasteiger partial charge in [-0.3, -0.25) is 9.48 Å². The Balaban J connectivity index is 1.91. The van der Waals surface area contributed by atoms with Gasteiger partial charge >= 0.3 is 0 Å². The molecule has 1 saturated carbocycles. The number of aryl methyl sites for hydroxylation is 1. The van der Waals surface area contributed by atoms with Crippen LogP contribution in [0.5, 0.6) is 0 Å². The fourth-order valence-corrected chi connectivity index (χ4v) is 2.82. The van der Waals surface area contributed by atoms with Crippen molar-refractivity contribution in [2.45, 2.75) is 45.2 Å². The van der Waals surface area contributed by atoms with Crippen molar-refractivity contribution >= 4 is 5.91 Å². The van der Waals surface area contributed by atoms with Crippen LogP contribution in [0.1, 0.15) is 38.2 Å². The number of hydrogen-bond acceptors (Lipinski definition) is 3. The molecule has 2 rings (SSSR count). The van der Waals surface area contributed by atoms with E-state index in [9.17, 15) is 4.79 Å².